The van der Waals surface area contributed by atoms with Crippen molar-refractivity contribution in [3.8, 4) is 11.5 Å². The smallest absolute Gasteiger partial charge is 0.360 e. The van der Waals surface area contributed by atoms with E-state index in [0.717, 1.165) is 11.3 Å². The second kappa shape index (κ2) is 5.50. The summed E-state index contributed by atoms with van der Waals surface area (Å²) in [6.07, 6.45) is 2.05. The van der Waals surface area contributed by atoms with Crippen LogP contribution in [0.25, 0.3) is 11.5 Å². The molecule has 8 heteroatoms. The van der Waals surface area contributed by atoms with Crippen molar-refractivity contribution in [1.82, 2.24) is 4.98 Å². The summed E-state index contributed by atoms with van der Waals surface area (Å²) in [5, 5.41) is -0.115. The van der Waals surface area contributed by atoms with Crippen LogP contribution in [0.3, 0.4) is 0 Å². The van der Waals surface area contributed by atoms with Gasteiger partial charge < -0.3 is 14.2 Å². The first-order chi connectivity index (χ1) is 8.79. The first-order valence-electron chi connectivity index (χ1n) is 5.58. The maximum absolute atomic E-state index is 11.4. The molecule has 2 rings (SSSR count). The zero-order valence-electron chi connectivity index (χ0n) is 10.3. The summed E-state index contributed by atoms with van der Waals surface area (Å²) < 4.78 is 17.3. The third-order valence-electron chi connectivity index (χ3n) is 2.44. The zero-order valence-corrected chi connectivity index (χ0v) is 13.6. The molecule has 0 saturated heterocycles. The third-order valence-corrected chi connectivity index (χ3v) is 4.95. The van der Waals surface area contributed by atoms with Gasteiger partial charge in [0.25, 0.3) is 0 Å². The van der Waals surface area contributed by atoms with Crippen molar-refractivity contribution >= 4 is 40.2 Å². The fourth-order valence-electron chi connectivity index (χ4n) is 1.72. The lowest BCUT2D eigenvalue weighted by Gasteiger charge is -2.06. The second-order valence-corrected chi connectivity index (χ2v) is 8.45. The first-order valence-corrected chi connectivity index (χ1v) is 8.80. The molecule has 0 aliphatic heterocycles. The number of hydrogen-bond acceptors (Lipinski definition) is 4. The molecule has 2 heterocycles. The van der Waals surface area contributed by atoms with Gasteiger partial charge in [0.1, 0.15) is 11.0 Å². The number of furan rings is 1. The number of rotatable bonds is 4. The van der Waals surface area contributed by atoms with E-state index in [1.54, 1.807) is 0 Å². The minimum absolute atomic E-state index is 0.115. The Balaban J connectivity index is 2.54. The topological polar surface area (TPSA) is 83.6 Å². The van der Waals surface area contributed by atoms with E-state index in [1.165, 1.54) is 23.7 Å². The maximum atomic E-state index is 11.4. The highest BCUT2D eigenvalue weighted by Crippen LogP contribution is 2.40. The molecule has 0 fully saturated rings. The summed E-state index contributed by atoms with van der Waals surface area (Å²) >= 11 is 4.76. The van der Waals surface area contributed by atoms with Gasteiger partial charge >= 0.3 is 7.60 Å². The van der Waals surface area contributed by atoms with Crippen LogP contribution in [0.4, 0.5) is 0 Å². The molecule has 0 saturated carbocycles. The molecule has 0 amide bonds. The van der Waals surface area contributed by atoms with Gasteiger partial charge in [-0.15, -0.1) is 11.3 Å². The van der Waals surface area contributed by atoms with Crippen molar-refractivity contribution in [2.24, 2.45) is 5.92 Å². The molecular formula is C11H13BrNO4PS. The lowest BCUT2D eigenvalue weighted by atomic mass is 10.1. The van der Waals surface area contributed by atoms with E-state index in [4.69, 9.17) is 4.42 Å². The van der Waals surface area contributed by atoms with Crippen molar-refractivity contribution < 1.29 is 18.8 Å². The molecule has 2 aromatic rings. The van der Waals surface area contributed by atoms with Gasteiger partial charge in [0.2, 0.25) is 0 Å². The van der Waals surface area contributed by atoms with E-state index in [2.05, 4.69) is 34.8 Å². The minimum Gasteiger partial charge on any atom is -0.462 e. The number of hydrogen-bond donors (Lipinski definition) is 2. The van der Waals surface area contributed by atoms with E-state index in [0.29, 0.717) is 15.5 Å². The minimum atomic E-state index is -4.36. The van der Waals surface area contributed by atoms with E-state index < -0.39 is 7.60 Å². The molecule has 0 bridgehead atoms. The molecule has 19 heavy (non-hydrogen) atoms. The third kappa shape index (κ3) is 3.35. The van der Waals surface area contributed by atoms with Gasteiger partial charge in [-0.2, -0.15) is 0 Å². The number of thiazole rings is 1. The summed E-state index contributed by atoms with van der Waals surface area (Å²) in [7, 11) is -4.36. The van der Waals surface area contributed by atoms with Crippen LogP contribution >= 0.6 is 34.9 Å². The molecule has 5 nitrogen and oxygen atoms in total. The molecule has 0 spiro atoms. The molecular weight excluding hydrogens is 353 g/mol. The second-order valence-electron chi connectivity index (χ2n) is 4.52. The fourth-order valence-corrected chi connectivity index (χ4v) is 4.15. The Hall–Kier alpha value is -0.460. The highest BCUT2D eigenvalue weighted by molar-refractivity contribution is 9.11. The average molecular weight is 366 g/mol. The van der Waals surface area contributed by atoms with Gasteiger partial charge in [0, 0.05) is 4.88 Å². The molecule has 0 aliphatic carbocycles. The van der Waals surface area contributed by atoms with E-state index in [1.807, 2.05) is 0 Å². The molecule has 0 unspecified atom stereocenters. The Morgan fingerprint density at radius 2 is 2.21 bits per heavy atom. The van der Waals surface area contributed by atoms with Gasteiger partial charge in [0.05, 0.1) is 6.26 Å². The highest BCUT2D eigenvalue weighted by Gasteiger charge is 2.28. The molecule has 2 N–H and O–H groups in total. The number of halogens is 1. The van der Waals surface area contributed by atoms with Gasteiger partial charge in [-0.3, -0.25) is 4.57 Å². The van der Waals surface area contributed by atoms with Crippen LogP contribution < -0.4 is 5.30 Å². The molecule has 0 atom stereocenters. The number of aromatic nitrogens is 1. The lowest BCUT2D eigenvalue weighted by molar-refractivity contribution is 0.387. The van der Waals surface area contributed by atoms with Crippen molar-refractivity contribution in [2.45, 2.75) is 20.3 Å². The van der Waals surface area contributed by atoms with Crippen molar-refractivity contribution in [3.05, 3.63) is 21.1 Å². The maximum Gasteiger partial charge on any atom is 0.360 e. The molecule has 0 radical (unpaired) electrons. The van der Waals surface area contributed by atoms with Crippen molar-refractivity contribution in [1.29, 1.82) is 0 Å². The Morgan fingerprint density at radius 1 is 1.53 bits per heavy atom. The van der Waals surface area contributed by atoms with Crippen LogP contribution in [0, 0.1) is 5.92 Å². The predicted octanol–water partition coefficient (Wildman–Crippen LogP) is 3.17. The van der Waals surface area contributed by atoms with Crippen LogP contribution in [-0.2, 0) is 11.0 Å². The van der Waals surface area contributed by atoms with Gasteiger partial charge in [-0.1, -0.05) is 13.8 Å². The summed E-state index contributed by atoms with van der Waals surface area (Å²) in [4.78, 5) is 23.9. The monoisotopic (exact) mass is 365 g/mol. The summed E-state index contributed by atoms with van der Waals surface area (Å²) in [5.74, 6) is 0.575. The largest absolute Gasteiger partial charge is 0.462 e. The quantitative estimate of drug-likeness (QED) is 0.813. The Kier molecular flexibility index (Phi) is 4.32. The van der Waals surface area contributed by atoms with Crippen LogP contribution in [-0.4, -0.2) is 14.8 Å². The van der Waals surface area contributed by atoms with Crippen molar-refractivity contribution in [2.75, 3.05) is 0 Å². The summed E-state index contributed by atoms with van der Waals surface area (Å²) in [5.41, 5.74) is 0.508. The van der Waals surface area contributed by atoms with E-state index >= 15 is 0 Å². The highest BCUT2D eigenvalue weighted by atomic mass is 79.9. The fraction of sp³-hybridized carbons (Fsp3) is 0.364. The first kappa shape index (κ1) is 14.9. The summed E-state index contributed by atoms with van der Waals surface area (Å²) in [6.45, 7) is 4.15. The SMILES string of the molecule is CC(C)Cc1sc(Br)nc1-c1occc1P(=O)(O)O. The van der Waals surface area contributed by atoms with Gasteiger partial charge in [0.15, 0.2) is 9.68 Å². The van der Waals surface area contributed by atoms with Crippen molar-refractivity contribution in [3.63, 3.8) is 0 Å². The molecule has 0 aromatic carbocycles. The van der Waals surface area contributed by atoms with Gasteiger partial charge in [-0.05, 0) is 34.3 Å². The van der Waals surface area contributed by atoms with Crippen LogP contribution in [0.1, 0.15) is 18.7 Å². The van der Waals surface area contributed by atoms with Crippen LogP contribution in [0.2, 0.25) is 0 Å². The normalized spacial score (nSPS) is 12.3. The predicted molar refractivity (Wildman–Crippen MR) is 77.7 cm³/mol. The van der Waals surface area contributed by atoms with Crippen LogP contribution in [0.5, 0.6) is 0 Å². The van der Waals surface area contributed by atoms with Crippen LogP contribution in [0.15, 0.2) is 20.7 Å². The Labute approximate surface area is 123 Å². The van der Waals surface area contributed by atoms with E-state index in [9.17, 15) is 14.4 Å². The Bertz CT molecular complexity index is 630. The number of nitrogens with zero attached hydrogens (tertiary/aromatic N) is 1. The Morgan fingerprint density at radius 3 is 2.79 bits per heavy atom. The zero-order chi connectivity index (χ0) is 14.2. The molecule has 0 aliphatic rings. The summed E-state index contributed by atoms with van der Waals surface area (Å²) in [6, 6.07) is 1.29. The van der Waals surface area contributed by atoms with E-state index in [-0.39, 0.29) is 11.1 Å². The average Bonchev–Trinajstić information content (AvgIpc) is 2.82. The standard InChI is InChI=1S/C11H13BrNO4PS/c1-6(2)5-8-9(13-11(12)19-8)10-7(3-4-17-10)18(14,15)16/h3-4,6H,5H2,1-2H3,(H2,14,15,16). The molecule has 2 aromatic heterocycles. The lowest BCUT2D eigenvalue weighted by Crippen LogP contribution is -2.05. The molecule has 104 valence electrons. The van der Waals surface area contributed by atoms with Gasteiger partial charge in [-0.25, -0.2) is 4.98 Å².